The van der Waals surface area contributed by atoms with E-state index in [1.54, 1.807) is 6.08 Å². The van der Waals surface area contributed by atoms with Crippen LogP contribution in [-0.4, -0.2) is 39.9 Å². The van der Waals surface area contributed by atoms with Crippen molar-refractivity contribution in [2.45, 2.75) is 77.0 Å². The first kappa shape index (κ1) is 24.6. The molecule has 0 radical (unpaired) electrons. The lowest BCUT2D eigenvalue weighted by atomic mass is 9.44. The number of aromatic amines is 1. The largest absolute Gasteiger partial charge is 0.458 e. The van der Waals surface area contributed by atoms with Crippen LogP contribution in [0.3, 0.4) is 0 Å². The van der Waals surface area contributed by atoms with Crippen LogP contribution >= 0.6 is 11.8 Å². The summed E-state index contributed by atoms with van der Waals surface area (Å²) in [6, 6.07) is 0. The third kappa shape index (κ3) is 3.31. The van der Waals surface area contributed by atoms with Crippen LogP contribution in [0.5, 0.6) is 0 Å². The Hall–Kier alpha value is -2.06. The highest BCUT2D eigenvalue weighted by Gasteiger charge is 2.68. The Morgan fingerprint density at radius 1 is 1.29 bits per heavy atom. The molecule has 3 fully saturated rings. The number of Topliss-reactive ketones (excluding diaryl/α,β-unsaturated/α-hetero) is 1. The number of carbonyl (C=O) groups excluding carboxylic acids is 2. The number of anilines is 1. The summed E-state index contributed by atoms with van der Waals surface area (Å²) >= 11 is 1.47. The molecule has 3 saturated carbocycles. The SMILES string of the molecule is C=C[C@]1(C)C[C@@H](OC(=O)c2c[nH]c3c(c2=O)NCS3)[C@@]2(C)C3C(=O)CCC3(CC[C@H]2C)[C@@H](C)[C@@H]1O. The van der Waals surface area contributed by atoms with Crippen LogP contribution in [0.1, 0.15) is 70.2 Å². The van der Waals surface area contributed by atoms with Gasteiger partial charge in [-0.1, -0.05) is 45.5 Å². The molecule has 8 atom stereocenters. The van der Waals surface area contributed by atoms with Gasteiger partial charge in [0, 0.05) is 29.4 Å². The summed E-state index contributed by atoms with van der Waals surface area (Å²) in [6.07, 6.45) is 5.17. The minimum absolute atomic E-state index is 0.0499. The fraction of sp³-hybridized carbons (Fsp3) is 0.667. The molecule has 3 aliphatic carbocycles. The Balaban J connectivity index is 1.61. The molecule has 8 heteroatoms. The van der Waals surface area contributed by atoms with Crippen molar-refractivity contribution in [1.29, 1.82) is 0 Å². The summed E-state index contributed by atoms with van der Waals surface area (Å²) in [5.41, 5.74) is -1.70. The molecule has 5 rings (SSSR count). The van der Waals surface area contributed by atoms with Crippen LogP contribution in [0.2, 0.25) is 0 Å². The molecule has 0 amide bonds. The highest BCUT2D eigenvalue weighted by molar-refractivity contribution is 7.99. The first-order valence-corrected chi connectivity index (χ1v) is 13.7. The predicted octanol–water partition coefficient (Wildman–Crippen LogP) is 4.37. The Bertz CT molecular complexity index is 1150. The third-order valence-corrected chi connectivity index (χ3v) is 11.2. The van der Waals surface area contributed by atoms with Crippen molar-refractivity contribution in [1.82, 2.24) is 4.98 Å². The van der Waals surface area contributed by atoms with E-state index < -0.39 is 29.0 Å². The lowest BCUT2D eigenvalue weighted by Crippen LogP contribution is -2.63. The maximum atomic E-state index is 13.5. The van der Waals surface area contributed by atoms with Gasteiger partial charge in [-0.3, -0.25) is 9.59 Å². The first-order valence-electron chi connectivity index (χ1n) is 12.7. The van der Waals surface area contributed by atoms with Crippen LogP contribution in [0.15, 0.2) is 28.7 Å². The fourth-order valence-electron chi connectivity index (χ4n) is 7.81. The lowest BCUT2D eigenvalue weighted by Gasteiger charge is -2.61. The second-order valence-electron chi connectivity index (χ2n) is 11.7. The van der Waals surface area contributed by atoms with Gasteiger partial charge in [0.1, 0.15) is 28.2 Å². The summed E-state index contributed by atoms with van der Waals surface area (Å²) in [5.74, 6) is -0.175. The number of H-pyrrole nitrogens is 1. The molecule has 3 N–H and O–H groups in total. The molecule has 1 aromatic rings. The zero-order valence-corrected chi connectivity index (χ0v) is 21.8. The number of aliphatic hydroxyl groups excluding tert-OH is 1. The van der Waals surface area contributed by atoms with Crippen molar-refractivity contribution in [3.8, 4) is 0 Å². The average molecular weight is 501 g/mol. The van der Waals surface area contributed by atoms with Gasteiger partial charge in [0.2, 0.25) is 5.43 Å². The van der Waals surface area contributed by atoms with Crippen molar-refractivity contribution in [2.24, 2.45) is 34.0 Å². The molecule has 1 aromatic heterocycles. The number of aliphatic hydroxyl groups is 1. The summed E-state index contributed by atoms with van der Waals surface area (Å²) in [7, 11) is 0. The maximum absolute atomic E-state index is 13.5. The number of rotatable bonds is 3. The van der Waals surface area contributed by atoms with Crippen molar-refractivity contribution in [3.63, 3.8) is 0 Å². The van der Waals surface area contributed by atoms with E-state index >= 15 is 0 Å². The molecule has 4 aliphatic rings. The Labute approximate surface area is 210 Å². The van der Waals surface area contributed by atoms with Crippen LogP contribution in [0.4, 0.5) is 5.69 Å². The number of aromatic nitrogens is 1. The van der Waals surface area contributed by atoms with Gasteiger partial charge in [0.25, 0.3) is 0 Å². The van der Waals surface area contributed by atoms with Gasteiger partial charge >= 0.3 is 5.97 Å². The molecule has 1 aliphatic heterocycles. The molecule has 2 unspecified atom stereocenters. The topological polar surface area (TPSA) is 108 Å². The number of thioether (sulfide) groups is 1. The molecule has 190 valence electrons. The zero-order chi connectivity index (χ0) is 25.3. The van der Waals surface area contributed by atoms with E-state index in [0.29, 0.717) is 29.4 Å². The Morgan fingerprint density at radius 2 is 2.03 bits per heavy atom. The molecule has 2 bridgehead atoms. The molecule has 0 saturated heterocycles. The standard InChI is InChI=1S/C27H36N2O5S/c1-6-25(4)11-18(34-24(33)16-12-28-23-19(20(16)31)29-13-35-23)26(5)14(2)7-9-27(15(3)22(25)32)10-8-17(30)21(26)27/h6,12,14-15,18,21-22,29,32H,1,7-11,13H2,2-5H3,(H,28,31)/t14-,15+,18-,21?,22+,25-,26+,27?/m1/s1. The van der Waals surface area contributed by atoms with Gasteiger partial charge in [-0.15, -0.1) is 6.58 Å². The van der Waals surface area contributed by atoms with E-state index in [0.717, 1.165) is 19.3 Å². The highest BCUT2D eigenvalue weighted by Crippen LogP contribution is 2.68. The molecule has 2 heterocycles. The van der Waals surface area contributed by atoms with Gasteiger partial charge in [-0.25, -0.2) is 4.79 Å². The van der Waals surface area contributed by atoms with Crippen LogP contribution in [0.25, 0.3) is 0 Å². The molecule has 35 heavy (non-hydrogen) atoms. The fourth-order valence-corrected chi connectivity index (χ4v) is 8.63. The number of esters is 1. The summed E-state index contributed by atoms with van der Waals surface area (Å²) < 4.78 is 6.24. The number of fused-ring (bicyclic) bond motifs is 1. The van der Waals surface area contributed by atoms with Gasteiger partial charge < -0.3 is 20.1 Å². The van der Waals surface area contributed by atoms with Gasteiger partial charge in [0.15, 0.2) is 0 Å². The first-order chi connectivity index (χ1) is 16.5. The van der Waals surface area contributed by atoms with Crippen LogP contribution < -0.4 is 10.7 Å². The highest BCUT2D eigenvalue weighted by atomic mass is 32.2. The van der Waals surface area contributed by atoms with E-state index in [1.807, 2.05) is 6.92 Å². The van der Waals surface area contributed by atoms with E-state index in [2.05, 4.69) is 37.7 Å². The van der Waals surface area contributed by atoms with Gasteiger partial charge in [-0.2, -0.15) is 0 Å². The zero-order valence-electron chi connectivity index (χ0n) is 21.0. The smallest absolute Gasteiger partial charge is 0.344 e. The van der Waals surface area contributed by atoms with E-state index in [4.69, 9.17) is 4.74 Å². The number of nitrogens with one attached hydrogen (secondary N) is 2. The minimum atomic E-state index is -0.725. The predicted molar refractivity (Wildman–Crippen MR) is 135 cm³/mol. The summed E-state index contributed by atoms with van der Waals surface area (Å²) in [6.45, 7) is 12.3. The van der Waals surface area contributed by atoms with E-state index in [-0.39, 0.29) is 39.9 Å². The second kappa shape index (κ2) is 8.23. The number of hydrogen-bond acceptors (Lipinski definition) is 7. The summed E-state index contributed by atoms with van der Waals surface area (Å²) in [4.78, 5) is 43.1. The van der Waals surface area contributed by atoms with E-state index in [1.165, 1.54) is 18.0 Å². The maximum Gasteiger partial charge on any atom is 0.344 e. The molecule has 0 spiro atoms. The number of ketones is 1. The third-order valence-electron chi connectivity index (χ3n) is 10.3. The number of carbonyl (C=O) groups is 2. The van der Waals surface area contributed by atoms with Crippen LogP contribution in [0, 0.1) is 34.0 Å². The lowest BCUT2D eigenvalue weighted by molar-refractivity contribution is -0.192. The van der Waals surface area contributed by atoms with Crippen molar-refractivity contribution in [3.05, 3.63) is 34.6 Å². The quantitative estimate of drug-likeness (QED) is 0.418. The van der Waals surface area contributed by atoms with E-state index in [9.17, 15) is 19.5 Å². The average Bonchev–Trinajstić information content (AvgIpc) is 3.45. The monoisotopic (exact) mass is 500 g/mol. The molecular weight excluding hydrogens is 464 g/mol. The van der Waals surface area contributed by atoms with Gasteiger partial charge in [0.05, 0.1) is 12.0 Å². The van der Waals surface area contributed by atoms with Gasteiger partial charge in [-0.05, 0) is 42.9 Å². The van der Waals surface area contributed by atoms with Crippen molar-refractivity contribution in [2.75, 3.05) is 11.2 Å². The van der Waals surface area contributed by atoms with Crippen LogP contribution in [-0.2, 0) is 9.53 Å². The number of ether oxygens (including phenoxy) is 1. The molecule has 0 aromatic carbocycles. The minimum Gasteiger partial charge on any atom is -0.458 e. The molecular formula is C27H36N2O5S. The van der Waals surface area contributed by atoms with Crippen molar-refractivity contribution >= 4 is 29.2 Å². The van der Waals surface area contributed by atoms with Crippen molar-refractivity contribution < 1.29 is 19.4 Å². The molecule has 7 nitrogen and oxygen atoms in total. The Kier molecular flexibility index (Phi) is 5.79. The Morgan fingerprint density at radius 3 is 2.74 bits per heavy atom. The number of pyridine rings is 1. The summed E-state index contributed by atoms with van der Waals surface area (Å²) in [5, 5.41) is 15.4. The number of hydrogen-bond donors (Lipinski definition) is 3. The second-order valence-corrected chi connectivity index (χ2v) is 12.7. The normalized spacial score (nSPS) is 42.3.